The molecule has 0 aliphatic heterocycles. The number of rotatable bonds is 2. The van der Waals surface area contributed by atoms with Gasteiger partial charge >= 0.3 is 0 Å². The van der Waals surface area contributed by atoms with Gasteiger partial charge in [-0.1, -0.05) is 34.3 Å². The highest BCUT2D eigenvalue weighted by Crippen LogP contribution is 2.45. The third kappa shape index (κ3) is 3.31. The molecular formula is C16H21O3PS. The van der Waals surface area contributed by atoms with E-state index in [0.29, 0.717) is 0 Å². The Morgan fingerprint density at radius 1 is 0.714 bits per heavy atom. The van der Waals surface area contributed by atoms with Gasteiger partial charge in [-0.05, 0) is 62.1 Å². The molecule has 3 N–H and O–H groups in total. The summed E-state index contributed by atoms with van der Waals surface area (Å²) in [4.78, 5) is 31.7. The van der Waals surface area contributed by atoms with Crippen LogP contribution >= 0.6 is 6.72 Å². The quantitative estimate of drug-likeness (QED) is 0.740. The van der Waals surface area contributed by atoms with E-state index in [2.05, 4.69) is 0 Å². The maximum Gasteiger partial charge on any atom is 0.286 e. The molecule has 2 rings (SSSR count). The predicted molar refractivity (Wildman–Crippen MR) is 89.3 cm³/mol. The van der Waals surface area contributed by atoms with E-state index < -0.39 is 16.8 Å². The van der Waals surface area contributed by atoms with Gasteiger partial charge in [-0.3, -0.25) is 0 Å². The van der Waals surface area contributed by atoms with Gasteiger partial charge in [-0.2, -0.15) is 0 Å². The van der Waals surface area contributed by atoms with E-state index in [0.717, 1.165) is 32.0 Å². The average Bonchev–Trinajstić information content (AvgIpc) is 2.38. The third-order valence-corrected chi connectivity index (χ3v) is 8.63. The molecule has 0 fully saturated rings. The second-order valence-electron chi connectivity index (χ2n) is 5.19. The van der Waals surface area contributed by atoms with Crippen molar-refractivity contribution in [2.24, 2.45) is 0 Å². The third-order valence-electron chi connectivity index (χ3n) is 3.77. The van der Waals surface area contributed by atoms with Crippen molar-refractivity contribution in [1.82, 2.24) is 0 Å². The molecule has 2 aromatic carbocycles. The van der Waals surface area contributed by atoms with Crippen LogP contribution < -0.4 is 0 Å². The van der Waals surface area contributed by atoms with Crippen LogP contribution in [-0.2, 0) is 10.1 Å². The first-order valence-corrected chi connectivity index (χ1v) is 10.2. The van der Waals surface area contributed by atoms with E-state index in [1.807, 2.05) is 64.1 Å². The SMILES string of the molecule is Cc1cccc(S(c2cccc(C)c2C)=P(O)(O)O)c1C. The van der Waals surface area contributed by atoms with Gasteiger partial charge in [0.1, 0.15) is 0 Å². The molecule has 0 aromatic heterocycles. The largest absolute Gasteiger partial charge is 0.328 e. The molecule has 114 valence electrons. The van der Waals surface area contributed by atoms with Crippen LogP contribution in [0.5, 0.6) is 0 Å². The Balaban J connectivity index is 2.86. The van der Waals surface area contributed by atoms with Crippen molar-refractivity contribution in [3.8, 4) is 0 Å². The highest BCUT2D eigenvalue weighted by Gasteiger charge is 2.21. The lowest BCUT2D eigenvalue weighted by atomic mass is 10.1. The summed E-state index contributed by atoms with van der Waals surface area (Å²) >= 11 is 0. The van der Waals surface area contributed by atoms with Gasteiger partial charge in [0.2, 0.25) is 0 Å². The fourth-order valence-electron chi connectivity index (χ4n) is 2.25. The lowest BCUT2D eigenvalue weighted by Crippen LogP contribution is -2.03. The van der Waals surface area contributed by atoms with Crippen LogP contribution in [0.1, 0.15) is 22.3 Å². The number of hydrogen-bond donors (Lipinski definition) is 3. The molecule has 5 heteroatoms. The summed E-state index contributed by atoms with van der Waals surface area (Å²) < 4.78 is 0. The van der Waals surface area contributed by atoms with Gasteiger partial charge in [0.25, 0.3) is 6.72 Å². The second kappa shape index (κ2) is 6.07. The molecule has 0 unspecified atom stereocenters. The maximum atomic E-state index is 10.0. The summed E-state index contributed by atoms with van der Waals surface area (Å²) in [5, 5.41) is 0. The van der Waals surface area contributed by atoms with Gasteiger partial charge in [-0.25, -0.2) is 0 Å². The standard InChI is InChI=1S/C16H21O3PS/c1-11-7-5-9-15(13(11)3)21(20(17,18)19)16-10-6-8-12(2)14(16)4/h5-10,17-19H,1-4H3. The number of hydrogen-bond acceptors (Lipinski definition) is 0. The molecule has 0 saturated heterocycles. The van der Waals surface area contributed by atoms with E-state index in [1.165, 1.54) is 0 Å². The monoisotopic (exact) mass is 324 g/mol. The first-order chi connectivity index (χ1) is 9.73. The zero-order chi connectivity index (χ0) is 15.8. The Kier molecular flexibility index (Phi) is 4.76. The average molecular weight is 324 g/mol. The molecule has 0 saturated carbocycles. The van der Waals surface area contributed by atoms with E-state index in [9.17, 15) is 14.7 Å². The van der Waals surface area contributed by atoms with Crippen molar-refractivity contribution in [3.05, 3.63) is 58.7 Å². The molecule has 21 heavy (non-hydrogen) atoms. The van der Waals surface area contributed by atoms with Gasteiger partial charge in [0, 0.05) is 9.79 Å². The van der Waals surface area contributed by atoms with Crippen molar-refractivity contribution in [2.75, 3.05) is 0 Å². The minimum atomic E-state index is -4.04. The smallest absolute Gasteiger partial charge is 0.286 e. The summed E-state index contributed by atoms with van der Waals surface area (Å²) in [6, 6.07) is 11.5. The fraction of sp³-hybridized carbons (Fsp3) is 0.250. The van der Waals surface area contributed by atoms with Crippen molar-refractivity contribution in [2.45, 2.75) is 37.5 Å². The Labute approximate surface area is 128 Å². The van der Waals surface area contributed by atoms with Gasteiger partial charge < -0.3 is 14.7 Å². The Hall–Kier alpha value is -0.900. The summed E-state index contributed by atoms with van der Waals surface area (Å²) in [6.07, 6.45) is 0. The number of benzene rings is 2. The zero-order valence-electron chi connectivity index (χ0n) is 12.7. The lowest BCUT2D eigenvalue weighted by molar-refractivity contribution is 0.362. The summed E-state index contributed by atoms with van der Waals surface area (Å²) in [7, 11) is -1.13. The van der Waals surface area contributed by atoms with Crippen LogP contribution in [0.3, 0.4) is 0 Å². The molecule has 0 aliphatic carbocycles. The van der Waals surface area contributed by atoms with Crippen molar-refractivity contribution in [1.29, 1.82) is 0 Å². The molecule has 0 amide bonds. The maximum absolute atomic E-state index is 10.0. The van der Waals surface area contributed by atoms with Crippen LogP contribution in [0, 0.1) is 27.7 Å². The Bertz CT molecular complexity index is 685. The molecular weight excluding hydrogens is 303 g/mol. The van der Waals surface area contributed by atoms with Gasteiger partial charge in [-0.15, -0.1) is 0 Å². The van der Waals surface area contributed by atoms with Gasteiger partial charge in [0.15, 0.2) is 0 Å². The van der Waals surface area contributed by atoms with Crippen molar-refractivity contribution >= 4 is 16.8 Å². The first-order valence-electron chi connectivity index (χ1n) is 6.68. The second-order valence-corrected chi connectivity index (χ2v) is 10.2. The highest BCUT2D eigenvalue weighted by molar-refractivity contribution is 8.27. The van der Waals surface area contributed by atoms with Crippen LogP contribution in [0.4, 0.5) is 0 Å². The molecule has 3 nitrogen and oxygen atoms in total. The minimum Gasteiger partial charge on any atom is -0.328 e. The fourth-order valence-corrected chi connectivity index (χ4v) is 7.10. The zero-order valence-corrected chi connectivity index (χ0v) is 14.4. The molecule has 2 aromatic rings. The predicted octanol–water partition coefficient (Wildman–Crippen LogP) is 3.61. The van der Waals surface area contributed by atoms with Crippen LogP contribution in [0.15, 0.2) is 46.2 Å². The van der Waals surface area contributed by atoms with Crippen molar-refractivity contribution in [3.63, 3.8) is 0 Å². The molecule has 0 aliphatic rings. The highest BCUT2D eigenvalue weighted by atomic mass is 32.5. The summed E-state index contributed by atoms with van der Waals surface area (Å²) in [5.41, 5.74) is 4.12. The van der Waals surface area contributed by atoms with Gasteiger partial charge in [0.05, 0.1) is 0 Å². The van der Waals surface area contributed by atoms with Crippen LogP contribution in [0.25, 0.3) is 0 Å². The topological polar surface area (TPSA) is 60.7 Å². The summed E-state index contributed by atoms with van der Waals surface area (Å²) in [5.74, 6) is 0. The van der Waals surface area contributed by atoms with E-state index >= 15 is 0 Å². The Morgan fingerprint density at radius 3 is 1.43 bits per heavy atom. The normalized spacial score (nSPS) is 12.0. The first kappa shape index (κ1) is 16.5. The van der Waals surface area contributed by atoms with Crippen molar-refractivity contribution < 1.29 is 14.7 Å². The molecule has 0 bridgehead atoms. The van der Waals surface area contributed by atoms with Crippen LogP contribution in [0.2, 0.25) is 0 Å². The van der Waals surface area contributed by atoms with Crippen LogP contribution in [-0.4, -0.2) is 14.7 Å². The number of aryl methyl sites for hydroxylation is 2. The molecule has 0 spiro atoms. The Morgan fingerprint density at radius 2 is 1.10 bits per heavy atom. The molecule has 0 atom stereocenters. The lowest BCUT2D eigenvalue weighted by Gasteiger charge is -2.21. The molecule has 0 heterocycles. The molecule has 0 radical (unpaired) electrons. The summed E-state index contributed by atoms with van der Waals surface area (Å²) in [6.45, 7) is 3.83. The van der Waals surface area contributed by atoms with E-state index in [1.54, 1.807) is 0 Å². The van der Waals surface area contributed by atoms with E-state index in [-0.39, 0.29) is 0 Å². The van der Waals surface area contributed by atoms with E-state index in [4.69, 9.17) is 0 Å². The minimum absolute atomic E-state index is 0.796.